The number of hydrogen-bond donors (Lipinski definition) is 0. The van der Waals surface area contributed by atoms with Gasteiger partial charge in [0.15, 0.2) is 0 Å². The van der Waals surface area contributed by atoms with E-state index < -0.39 is 12.1 Å². The van der Waals surface area contributed by atoms with Crippen LogP contribution in [0.1, 0.15) is 40.0 Å². The molecule has 0 aromatic heterocycles. The second-order valence-electron chi connectivity index (χ2n) is 5.88. The van der Waals surface area contributed by atoms with Crippen molar-refractivity contribution < 1.29 is 19.1 Å². The van der Waals surface area contributed by atoms with Gasteiger partial charge in [0.1, 0.15) is 12.2 Å². The van der Waals surface area contributed by atoms with Gasteiger partial charge in [-0.25, -0.2) is 4.79 Å². The van der Waals surface area contributed by atoms with Gasteiger partial charge in [0.2, 0.25) is 0 Å². The molecule has 4 nitrogen and oxygen atoms in total. The van der Waals surface area contributed by atoms with Crippen molar-refractivity contribution in [3.05, 3.63) is 35.5 Å². The van der Waals surface area contributed by atoms with Gasteiger partial charge in [0.25, 0.3) is 0 Å². The molecule has 1 saturated heterocycles. The van der Waals surface area contributed by atoms with Gasteiger partial charge < -0.3 is 9.47 Å². The van der Waals surface area contributed by atoms with Crippen LogP contribution in [0.15, 0.2) is 35.5 Å². The highest BCUT2D eigenvalue weighted by Gasteiger charge is 2.44. The summed E-state index contributed by atoms with van der Waals surface area (Å²) in [5.74, 6) is -1.05. The average Bonchev–Trinajstić information content (AvgIpc) is 2.62. The predicted octanol–water partition coefficient (Wildman–Crippen LogP) is 3.09. The van der Waals surface area contributed by atoms with E-state index in [9.17, 15) is 9.59 Å². The quantitative estimate of drug-likeness (QED) is 0.423. The maximum Gasteiger partial charge on any atom is 0.334 e. The normalized spacial score (nSPS) is 34.9. The molecule has 1 unspecified atom stereocenters. The van der Waals surface area contributed by atoms with E-state index in [1.807, 2.05) is 19.9 Å². The molecule has 2 rings (SSSR count). The van der Waals surface area contributed by atoms with Crippen LogP contribution in [0.3, 0.4) is 0 Å². The molecule has 4 heteroatoms. The molecule has 1 aliphatic heterocycles. The third-order valence-electron chi connectivity index (χ3n) is 3.98. The zero-order valence-corrected chi connectivity index (χ0v) is 12.8. The minimum absolute atomic E-state index is 0.308. The van der Waals surface area contributed by atoms with Gasteiger partial charge in [0, 0.05) is 18.9 Å². The average molecular weight is 290 g/mol. The van der Waals surface area contributed by atoms with Crippen molar-refractivity contribution in [2.24, 2.45) is 5.92 Å². The fourth-order valence-electron chi connectivity index (χ4n) is 2.95. The van der Waals surface area contributed by atoms with Gasteiger partial charge in [-0.15, -0.1) is 0 Å². The zero-order valence-electron chi connectivity index (χ0n) is 12.8. The van der Waals surface area contributed by atoms with Gasteiger partial charge in [-0.1, -0.05) is 23.8 Å². The number of carbonyl (C=O) groups is 2. The lowest BCUT2D eigenvalue weighted by Crippen LogP contribution is -2.32. The third-order valence-corrected chi connectivity index (χ3v) is 3.98. The third kappa shape index (κ3) is 3.63. The van der Waals surface area contributed by atoms with Gasteiger partial charge in [-0.2, -0.15) is 0 Å². The molecule has 0 bridgehead atoms. The highest BCUT2D eigenvalue weighted by atomic mass is 16.6. The lowest BCUT2D eigenvalue weighted by atomic mass is 9.85. The Hall–Kier alpha value is -1.84. The molecule has 21 heavy (non-hydrogen) atoms. The Balaban J connectivity index is 2.39. The number of esters is 2. The second-order valence-corrected chi connectivity index (χ2v) is 5.88. The summed E-state index contributed by atoms with van der Waals surface area (Å²) in [5.41, 5.74) is 2.71. The maximum absolute atomic E-state index is 11.9. The summed E-state index contributed by atoms with van der Waals surface area (Å²) in [6.07, 6.45) is 5.80. The maximum atomic E-state index is 11.9. The molecule has 0 spiro atoms. The summed E-state index contributed by atoms with van der Waals surface area (Å²) < 4.78 is 10.9. The van der Waals surface area contributed by atoms with E-state index in [2.05, 4.69) is 12.7 Å². The largest absolute Gasteiger partial charge is 0.461 e. The highest BCUT2D eigenvalue weighted by molar-refractivity contribution is 5.91. The molecule has 3 atom stereocenters. The van der Waals surface area contributed by atoms with Crippen LogP contribution < -0.4 is 0 Å². The minimum atomic E-state index is -0.412. The Morgan fingerprint density at radius 3 is 2.76 bits per heavy atom. The fraction of sp³-hybridized carbons (Fsp3) is 0.529. The van der Waals surface area contributed by atoms with E-state index in [1.54, 1.807) is 0 Å². The molecule has 0 N–H and O–H groups in total. The van der Waals surface area contributed by atoms with Crippen LogP contribution in [-0.4, -0.2) is 24.1 Å². The highest BCUT2D eigenvalue weighted by Crippen LogP contribution is 2.36. The zero-order chi connectivity index (χ0) is 15.6. The summed E-state index contributed by atoms with van der Waals surface area (Å²) in [4.78, 5) is 23.2. The Morgan fingerprint density at radius 1 is 1.38 bits per heavy atom. The van der Waals surface area contributed by atoms with Gasteiger partial charge in [-0.05, 0) is 32.8 Å². The van der Waals surface area contributed by atoms with Crippen LogP contribution in [-0.2, 0) is 19.1 Å². The van der Waals surface area contributed by atoms with Crippen molar-refractivity contribution >= 4 is 11.9 Å². The Labute approximate surface area is 125 Å². The predicted molar refractivity (Wildman–Crippen MR) is 79.4 cm³/mol. The Kier molecular flexibility index (Phi) is 4.66. The van der Waals surface area contributed by atoms with E-state index in [1.165, 1.54) is 12.5 Å². The van der Waals surface area contributed by atoms with Crippen molar-refractivity contribution in [3.63, 3.8) is 0 Å². The van der Waals surface area contributed by atoms with Gasteiger partial charge >= 0.3 is 11.9 Å². The van der Waals surface area contributed by atoms with Crippen molar-refractivity contribution in [1.29, 1.82) is 0 Å². The molecule has 1 fully saturated rings. The molecular weight excluding hydrogens is 268 g/mol. The summed E-state index contributed by atoms with van der Waals surface area (Å²) in [6.45, 7) is 9.27. The second kappa shape index (κ2) is 6.29. The smallest absolute Gasteiger partial charge is 0.334 e. The first-order valence-electron chi connectivity index (χ1n) is 7.28. The number of carbonyl (C=O) groups excluding carboxylic acids is 2. The molecule has 0 aromatic carbocycles. The van der Waals surface area contributed by atoms with E-state index in [0.29, 0.717) is 12.0 Å². The van der Waals surface area contributed by atoms with E-state index in [4.69, 9.17) is 9.47 Å². The number of allylic oxidation sites excluding steroid dienone is 2. The topological polar surface area (TPSA) is 52.6 Å². The van der Waals surface area contributed by atoms with E-state index >= 15 is 0 Å². The fourth-order valence-corrected chi connectivity index (χ4v) is 2.95. The SMILES string of the molecule is C=C1C(=O)O[C@@H]2/C=C(/C)CC/C=C(/C)CC(OC(C)=O)[C@@H]12. The molecular formula is C17H22O4. The molecule has 0 saturated carbocycles. The standard InChI is InChI=1S/C17H22O4/c1-10-6-5-7-11(2)9-15-16(12(3)17(19)21-15)14(8-10)20-13(4)18/h6,9,14-16H,3,5,7-8H2,1-2,4H3/b10-6-,11-9-/t14?,15-,16-/m1/s1. The first kappa shape index (κ1) is 15.5. The van der Waals surface area contributed by atoms with Gasteiger partial charge in [0.05, 0.1) is 5.92 Å². The van der Waals surface area contributed by atoms with Crippen LogP contribution in [0.2, 0.25) is 0 Å². The number of rotatable bonds is 1. The molecule has 1 aliphatic carbocycles. The van der Waals surface area contributed by atoms with Crippen LogP contribution >= 0.6 is 0 Å². The minimum Gasteiger partial charge on any atom is -0.461 e. The lowest BCUT2D eigenvalue weighted by Gasteiger charge is -2.26. The number of hydrogen-bond acceptors (Lipinski definition) is 4. The van der Waals surface area contributed by atoms with E-state index in [0.717, 1.165) is 18.4 Å². The van der Waals surface area contributed by atoms with Crippen LogP contribution in [0.25, 0.3) is 0 Å². The Bertz CT molecular complexity index is 527. The first-order chi connectivity index (χ1) is 9.88. The molecule has 0 amide bonds. The molecule has 1 heterocycles. The van der Waals surface area contributed by atoms with Crippen molar-refractivity contribution in [2.45, 2.75) is 52.2 Å². The van der Waals surface area contributed by atoms with Crippen molar-refractivity contribution in [2.75, 3.05) is 0 Å². The van der Waals surface area contributed by atoms with Crippen LogP contribution in [0, 0.1) is 5.92 Å². The summed E-state index contributed by atoms with van der Waals surface area (Å²) in [6, 6.07) is 0. The first-order valence-corrected chi connectivity index (χ1v) is 7.28. The summed E-state index contributed by atoms with van der Waals surface area (Å²) in [5, 5.41) is 0. The molecule has 0 aromatic rings. The van der Waals surface area contributed by atoms with Crippen molar-refractivity contribution in [1.82, 2.24) is 0 Å². The van der Waals surface area contributed by atoms with Crippen LogP contribution in [0.4, 0.5) is 0 Å². The van der Waals surface area contributed by atoms with Crippen LogP contribution in [0.5, 0.6) is 0 Å². The summed E-state index contributed by atoms with van der Waals surface area (Å²) >= 11 is 0. The Morgan fingerprint density at radius 2 is 2.10 bits per heavy atom. The van der Waals surface area contributed by atoms with Gasteiger partial charge in [-0.3, -0.25) is 4.79 Å². The molecule has 114 valence electrons. The lowest BCUT2D eigenvalue weighted by molar-refractivity contribution is -0.149. The van der Waals surface area contributed by atoms with Crippen molar-refractivity contribution in [3.8, 4) is 0 Å². The number of fused-ring (bicyclic) bond motifs is 1. The number of ether oxygens (including phenoxy) is 2. The monoisotopic (exact) mass is 290 g/mol. The molecule has 0 radical (unpaired) electrons. The molecule has 2 aliphatic rings. The van der Waals surface area contributed by atoms with E-state index in [-0.39, 0.29) is 18.0 Å². The summed E-state index contributed by atoms with van der Waals surface area (Å²) in [7, 11) is 0.